The van der Waals surface area contributed by atoms with Crippen LogP contribution in [0.5, 0.6) is 0 Å². The van der Waals surface area contributed by atoms with Crippen molar-refractivity contribution in [2.75, 3.05) is 0 Å². The number of aromatic nitrogens is 3. The zero-order valence-corrected chi connectivity index (χ0v) is 10.8. The molecule has 2 heterocycles. The maximum atomic E-state index is 12.9. The van der Waals surface area contributed by atoms with Crippen LogP contribution in [0.3, 0.4) is 0 Å². The van der Waals surface area contributed by atoms with Crippen molar-refractivity contribution < 1.29 is 4.39 Å². The molecule has 4 nitrogen and oxygen atoms in total. The molecule has 0 spiro atoms. The Morgan fingerprint density at radius 2 is 2.17 bits per heavy atom. The monoisotopic (exact) mass is 248 g/mol. The number of hydrogen-bond donors (Lipinski definition) is 1. The van der Waals surface area contributed by atoms with Gasteiger partial charge in [-0.3, -0.25) is 9.67 Å². The van der Waals surface area contributed by atoms with Gasteiger partial charge in [0, 0.05) is 31.4 Å². The highest BCUT2D eigenvalue weighted by Crippen LogP contribution is 2.19. The third kappa shape index (κ3) is 2.92. The number of rotatable bonds is 4. The van der Waals surface area contributed by atoms with Gasteiger partial charge in [0.2, 0.25) is 0 Å². The number of pyridine rings is 1. The normalized spacial score (nSPS) is 11.2. The predicted octanol–water partition coefficient (Wildman–Crippen LogP) is 2.12. The summed E-state index contributed by atoms with van der Waals surface area (Å²) in [6.45, 7) is 4.90. The standard InChI is InChI=1S/C13H17FN4/c1-9(2)15-6-10-8-18(3)17-13(10)12-5-4-11(14)7-16-12/h4-5,7-9,15H,6H2,1-3H3. The van der Waals surface area contributed by atoms with Crippen LogP contribution < -0.4 is 5.32 Å². The number of aryl methyl sites for hydroxylation is 1. The molecule has 0 bridgehead atoms. The van der Waals surface area contributed by atoms with Crippen molar-refractivity contribution in [2.45, 2.75) is 26.4 Å². The van der Waals surface area contributed by atoms with Crippen LogP contribution in [0.2, 0.25) is 0 Å². The Labute approximate surface area is 106 Å². The summed E-state index contributed by atoms with van der Waals surface area (Å²) in [5.74, 6) is -0.337. The zero-order valence-electron chi connectivity index (χ0n) is 10.8. The lowest BCUT2D eigenvalue weighted by atomic mass is 10.1. The topological polar surface area (TPSA) is 42.7 Å². The van der Waals surface area contributed by atoms with E-state index in [1.165, 1.54) is 12.3 Å². The van der Waals surface area contributed by atoms with E-state index in [1.54, 1.807) is 10.7 Å². The first-order valence-electron chi connectivity index (χ1n) is 5.94. The Bertz CT molecular complexity index is 516. The Hall–Kier alpha value is -1.75. The minimum absolute atomic E-state index is 0.337. The molecule has 0 fully saturated rings. The van der Waals surface area contributed by atoms with Gasteiger partial charge in [-0.05, 0) is 12.1 Å². The summed E-state index contributed by atoms with van der Waals surface area (Å²) >= 11 is 0. The van der Waals surface area contributed by atoms with Crippen molar-refractivity contribution in [3.8, 4) is 11.4 Å². The fraction of sp³-hybridized carbons (Fsp3) is 0.385. The minimum Gasteiger partial charge on any atom is -0.310 e. The molecule has 18 heavy (non-hydrogen) atoms. The van der Waals surface area contributed by atoms with E-state index in [9.17, 15) is 4.39 Å². The first kappa shape index (κ1) is 12.7. The molecule has 0 saturated carbocycles. The average Bonchev–Trinajstić information content (AvgIpc) is 2.69. The van der Waals surface area contributed by atoms with Gasteiger partial charge < -0.3 is 5.32 Å². The predicted molar refractivity (Wildman–Crippen MR) is 68.4 cm³/mol. The Morgan fingerprint density at radius 1 is 1.39 bits per heavy atom. The van der Waals surface area contributed by atoms with Crippen LogP contribution in [0, 0.1) is 5.82 Å². The summed E-state index contributed by atoms with van der Waals surface area (Å²) in [4.78, 5) is 4.07. The van der Waals surface area contributed by atoms with Crippen molar-refractivity contribution in [2.24, 2.45) is 7.05 Å². The summed E-state index contributed by atoms with van der Waals surface area (Å²) < 4.78 is 14.6. The van der Waals surface area contributed by atoms with Crippen molar-refractivity contribution in [3.63, 3.8) is 0 Å². The summed E-state index contributed by atoms with van der Waals surface area (Å²) in [6.07, 6.45) is 3.17. The molecule has 0 amide bonds. The average molecular weight is 248 g/mol. The SMILES string of the molecule is CC(C)NCc1cn(C)nc1-c1ccc(F)cn1. The second-order valence-electron chi connectivity index (χ2n) is 4.57. The summed E-state index contributed by atoms with van der Waals surface area (Å²) in [6, 6.07) is 3.45. The molecule has 0 aliphatic rings. The molecule has 0 saturated heterocycles. The molecule has 0 unspecified atom stereocenters. The summed E-state index contributed by atoms with van der Waals surface area (Å²) in [7, 11) is 1.87. The molecule has 1 N–H and O–H groups in total. The molecule has 2 aromatic heterocycles. The molecular formula is C13H17FN4. The van der Waals surface area contributed by atoms with E-state index < -0.39 is 0 Å². The first-order chi connectivity index (χ1) is 8.56. The van der Waals surface area contributed by atoms with Crippen LogP contribution in [-0.2, 0) is 13.6 Å². The highest BCUT2D eigenvalue weighted by atomic mass is 19.1. The maximum Gasteiger partial charge on any atom is 0.141 e. The van der Waals surface area contributed by atoms with Gasteiger partial charge in [0.25, 0.3) is 0 Å². The van der Waals surface area contributed by atoms with E-state index in [0.717, 1.165) is 17.8 Å². The van der Waals surface area contributed by atoms with Gasteiger partial charge in [0.1, 0.15) is 11.5 Å². The molecule has 0 radical (unpaired) electrons. The van der Waals surface area contributed by atoms with Crippen LogP contribution >= 0.6 is 0 Å². The van der Waals surface area contributed by atoms with Crippen molar-refractivity contribution in [3.05, 3.63) is 35.9 Å². The van der Waals surface area contributed by atoms with Gasteiger partial charge in [-0.2, -0.15) is 5.10 Å². The number of nitrogens with one attached hydrogen (secondary N) is 1. The lowest BCUT2D eigenvalue weighted by Crippen LogP contribution is -2.21. The molecule has 0 aromatic carbocycles. The van der Waals surface area contributed by atoms with E-state index in [4.69, 9.17) is 0 Å². The lowest BCUT2D eigenvalue weighted by molar-refractivity contribution is 0.589. The molecule has 2 rings (SSSR count). The highest BCUT2D eigenvalue weighted by Gasteiger charge is 2.11. The van der Waals surface area contributed by atoms with Gasteiger partial charge in [0.15, 0.2) is 0 Å². The van der Waals surface area contributed by atoms with E-state index >= 15 is 0 Å². The van der Waals surface area contributed by atoms with Crippen LogP contribution in [-0.4, -0.2) is 20.8 Å². The Morgan fingerprint density at radius 3 is 2.78 bits per heavy atom. The Kier molecular flexibility index (Phi) is 3.72. The van der Waals surface area contributed by atoms with Crippen LogP contribution in [0.4, 0.5) is 4.39 Å². The second-order valence-corrected chi connectivity index (χ2v) is 4.57. The van der Waals surface area contributed by atoms with E-state index in [-0.39, 0.29) is 5.82 Å². The van der Waals surface area contributed by atoms with Gasteiger partial charge in [-0.25, -0.2) is 4.39 Å². The number of hydrogen-bond acceptors (Lipinski definition) is 3. The fourth-order valence-corrected chi connectivity index (χ4v) is 1.71. The summed E-state index contributed by atoms with van der Waals surface area (Å²) in [5, 5.41) is 7.72. The van der Waals surface area contributed by atoms with Crippen LogP contribution in [0.15, 0.2) is 24.5 Å². The van der Waals surface area contributed by atoms with Crippen LogP contribution in [0.1, 0.15) is 19.4 Å². The second kappa shape index (κ2) is 5.27. The molecular weight excluding hydrogens is 231 g/mol. The smallest absolute Gasteiger partial charge is 0.141 e. The molecule has 0 atom stereocenters. The van der Waals surface area contributed by atoms with Gasteiger partial charge in [0.05, 0.1) is 11.9 Å². The molecule has 0 aliphatic carbocycles. The highest BCUT2D eigenvalue weighted by molar-refractivity contribution is 5.58. The van der Waals surface area contributed by atoms with Crippen molar-refractivity contribution in [1.82, 2.24) is 20.1 Å². The van der Waals surface area contributed by atoms with Crippen LogP contribution in [0.25, 0.3) is 11.4 Å². The van der Waals surface area contributed by atoms with E-state index in [2.05, 4.69) is 29.2 Å². The van der Waals surface area contributed by atoms with Gasteiger partial charge in [-0.1, -0.05) is 13.8 Å². The lowest BCUT2D eigenvalue weighted by Gasteiger charge is -2.07. The van der Waals surface area contributed by atoms with E-state index in [0.29, 0.717) is 11.7 Å². The molecule has 2 aromatic rings. The van der Waals surface area contributed by atoms with Gasteiger partial charge in [-0.15, -0.1) is 0 Å². The Balaban J connectivity index is 2.29. The molecule has 0 aliphatic heterocycles. The third-order valence-electron chi connectivity index (χ3n) is 2.58. The number of nitrogens with zero attached hydrogens (tertiary/aromatic N) is 3. The molecule has 5 heteroatoms. The van der Waals surface area contributed by atoms with Crippen molar-refractivity contribution in [1.29, 1.82) is 0 Å². The maximum absolute atomic E-state index is 12.9. The van der Waals surface area contributed by atoms with Gasteiger partial charge >= 0.3 is 0 Å². The zero-order chi connectivity index (χ0) is 13.1. The minimum atomic E-state index is -0.337. The molecule has 96 valence electrons. The quantitative estimate of drug-likeness (QED) is 0.901. The fourth-order valence-electron chi connectivity index (χ4n) is 1.71. The van der Waals surface area contributed by atoms with Crippen molar-refractivity contribution >= 4 is 0 Å². The largest absolute Gasteiger partial charge is 0.310 e. The number of halogens is 1. The third-order valence-corrected chi connectivity index (χ3v) is 2.58. The summed E-state index contributed by atoms with van der Waals surface area (Å²) in [5.41, 5.74) is 2.55. The first-order valence-corrected chi connectivity index (χ1v) is 5.94. The van der Waals surface area contributed by atoms with E-state index in [1.807, 2.05) is 13.2 Å².